The summed E-state index contributed by atoms with van der Waals surface area (Å²) in [6.07, 6.45) is 9.33. The first kappa shape index (κ1) is 17.8. The molecule has 0 aromatic carbocycles. The molecule has 3 nitrogen and oxygen atoms in total. The largest absolute Gasteiger partial charge is 0.351 e. The Hall–Kier alpha value is -0.550. The number of amides is 2. The highest BCUT2D eigenvalue weighted by molar-refractivity contribution is 7.79. The van der Waals surface area contributed by atoms with E-state index in [1.165, 1.54) is 51.4 Å². The third kappa shape index (κ3) is 5.27. The molecule has 0 aromatic rings. The van der Waals surface area contributed by atoms with Gasteiger partial charge in [0, 0.05) is 13.1 Å². The number of thiocarbonyl (C=S) groups is 2. The molecule has 5 heteroatoms. The SMILES string of the molecule is NC(=O)N(CC1CCC(C=S)CC1)CC1CCC(C=S)CC1. The predicted molar refractivity (Wildman–Crippen MR) is 99.4 cm³/mol. The van der Waals surface area contributed by atoms with Crippen molar-refractivity contribution in [3.63, 3.8) is 0 Å². The lowest BCUT2D eigenvalue weighted by atomic mass is 9.81. The van der Waals surface area contributed by atoms with Crippen LogP contribution in [0.3, 0.4) is 0 Å². The topological polar surface area (TPSA) is 46.3 Å². The van der Waals surface area contributed by atoms with Crippen LogP contribution >= 0.6 is 24.4 Å². The van der Waals surface area contributed by atoms with Gasteiger partial charge in [0.2, 0.25) is 0 Å². The summed E-state index contributed by atoms with van der Waals surface area (Å²) in [4.78, 5) is 13.7. The first-order valence-electron chi connectivity index (χ1n) is 8.57. The van der Waals surface area contributed by atoms with E-state index in [0.717, 1.165) is 13.1 Å². The molecule has 22 heavy (non-hydrogen) atoms. The van der Waals surface area contributed by atoms with Crippen LogP contribution in [-0.4, -0.2) is 34.8 Å². The van der Waals surface area contributed by atoms with Crippen LogP contribution in [0, 0.1) is 23.7 Å². The summed E-state index contributed by atoms with van der Waals surface area (Å²) in [7, 11) is 0. The minimum absolute atomic E-state index is 0.256. The Bertz CT molecular complexity index is 356. The monoisotopic (exact) mass is 340 g/mol. The van der Waals surface area contributed by atoms with E-state index in [-0.39, 0.29) is 6.03 Å². The molecule has 2 amide bonds. The molecule has 0 unspecified atom stereocenters. The maximum atomic E-state index is 11.8. The van der Waals surface area contributed by atoms with Crippen molar-refractivity contribution in [1.82, 2.24) is 4.90 Å². The number of carbonyl (C=O) groups is 1. The van der Waals surface area contributed by atoms with Crippen molar-refractivity contribution >= 4 is 41.2 Å². The number of nitrogens with zero attached hydrogens (tertiary/aromatic N) is 1. The fraction of sp³-hybridized carbons (Fsp3) is 0.824. The summed E-state index contributed by atoms with van der Waals surface area (Å²) >= 11 is 10.1. The highest BCUT2D eigenvalue weighted by Gasteiger charge is 2.26. The van der Waals surface area contributed by atoms with Crippen molar-refractivity contribution in [2.45, 2.75) is 51.4 Å². The Morgan fingerprint density at radius 3 is 1.50 bits per heavy atom. The number of urea groups is 1. The van der Waals surface area contributed by atoms with E-state index in [1.54, 1.807) is 0 Å². The Kier molecular flexibility index (Phi) is 7.22. The molecule has 2 aliphatic carbocycles. The summed E-state index contributed by atoms with van der Waals surface area (Å²) in [5.41, 5.74) is 5.62. The zero-order valence-corrected chi connectivity index (χ0v) is 14.9. The molecule has 0 heterocycles. The lowest BCUT2D eigenvalue weighted by Crippen LogP contribution is -2.43. The fourth-order valence-electron chi connectivity index (χ4n) is 3.89. The molecule has 124 valence electrons. The van der Waals surface area contributed by atoms with Crippen molar-refractivity contribution in [2.24, 2.45) is 29.4 Å². The second-order valence-corrected chi connectivity index (χ2v) is 7.62. The van der Waals surface area contributed by atoms with Gasteiger partial charge >= 0.3 is 6.03 Å². The van der Waals surface area contributed by atoms with Crippen LogP contribution in [0.25, 0.3) is 0 Å². The number of primary amides is 1. The molecule has 0 aliphatic heterocycles. The van der Waals surface area contributed by atoms with Gasteiger partial charge in [-0.25, -0.2) is 4.79 Å². The molecule has 2 N–H and O–H groups in total. The van der Waals surface area contributed by atoms with Gasteiger partial charge in [-0.1, -0.05) is 24.4 Å². The number of nitrogens with two attached hydrogens (primary N) is 1. The van der Waals surface area contributed by atoms with E-state index in [1.807, 2.05) is 15.6 Å². The standard InChI is InChI=1S/C17H28N2OS2/c18-17(20)19(9-13-1-5-15(11-21)6-2-13)10-14-3-7-16(12-22)8-4-14/h11-16H,1-10H2,(H2,18,20). The maximum absolute atomic E-state index is 11.8. The van der Waals surface area contributed by atoms with E-state index in [9.17, 15) is 4.79 Å². The second-order valence-electron chi connectivity index (χ2n) is 7.08. The molecule has 2 saturated carbocycles. The Morgan fingerprint density at radius 2 is 1.23 bits per heavy atom. The smallest absolute Gasteiger partial charge is 0.314 e. The second kappa shape index (κ2) is 8.92. The Morgan fingerprint density at radius 1 is 0.864 bits per heavy atom. The van der Waals surface area contributed by atoms with Crippen LogP contribution in [0.1, 0.15) is 51.4 Å². The zero-order chi connectivity index (χ0) is 15.9. The third-order valence-electron chi connectivity index (χ3n) is 5.44. The molecule has 0 bridgehead atoms. The average Bonchev–Trinajstić information content (AvgIpc) is 2.55. The van der Waals surface area contributed by atoms with Crippen LogP contribution in [-0.2, 0) is 0 Å². The number of hydrogen-bond donors (Lipinski definition) is 1. The fourth-order valence-corrected chi connectivity index (χ4v) is 4.44. The van der Waals surface area contributed by atoms with Crippen LogP contribution in [0.5, 0.6) is 0 Å². The summed E-state index contributed by atoms with van der Waals surface area (Å²) in [5, 5.41) is 3.83. The molecule has 0 aromatic heterocycles. The Labute approximate surface area is 145 Å². The highest BCUT2D eigenvalue weighted by atomic mass is 32.1. The van der Waals surface area contributed by atoms with Gasteiger partial charge in [0.1, 0.15) is 0 Å². The van der Waals surface area contributed by atoms with E-state index in [0.29, 0.717) is 23.7 Å². The lowest BCUT2D eigenvalue weighted by molar-refractivity contribution is 0.160. The van der Waals surface area contributed by atoms with Gasteiger partial charge < -0.3 is 10.6 Å². The van der Waals surface area contributed by atoms with Crippen molar-refractivity contribution in [2.75, 3.05) is 13.1 Å². The minimum Gasteiger partial charge on any atom is -0.351 e. The normalized spacial score (nSPS) is 32.2. The van der Waals surface area contributed by atoms with Crippen LogP contribution < -0.4 is 5.73 Å². The number of carbonyl (C=O) groups excluding carboxylic acids is 1. The first-order chi connectivity index (χ1) is 10.6. The average molecular weight is 341 g/mol. The third-order valence-corrected chi connectivity index (χ3v) is 6.21. The highest BCUT2D eigenvalue weighted by Crippen LogP contribution is 2.31. The van der Waals surface area contributed by atoms with E-state index < -0.39 is 0 Å². The maximum Gasteiger partial charge on any atom is 0.314 e. The van der Waals surface area contributed by atoms with Crippen LogP contribution in [0.15, 0.2) is 0 Å². The minimum atomic E-state index is -0.256. The van der Waals surface area contributed by atoms with Crippen molar-refractivity contribution in [1.29, 1.82) is 0 Å². The molecule has 0 atom stereocenters. The summed E-state index contributed by atoms with van der Waals surface area (Å²) in [6, 6.07) is -0.256. The van der Waals surface area contributed by atoms with E-state index in [4.69, 9.17) is 30.2 Å². The molecule has 2 aliphatic rings. The van der Waals surface area contributed by atoms with E-state index >= 15 is 0 Å². The summed E-state index contributed by atoms with van der Waals surface area (Å²) in [6.45, 7) is 1.65. The Balaban J connectivity index is 1.79. The van der Waals surface area contributed by atoms with Crippen molar-refractivity contribution in [3.05, 3.63) is 0 Å². The van der Waals surface area contributed by atoms with Gasteiger partial charge in [-0.2, -0.15) is 0 Å². The van der Waals surface area contributed by atoms with Crippen LogP contribution in [0.2, 0.25) is 0 Å². The molecule has 0 radical (unpaired) electrons. The number of hydrogen-bond acceptors (Lipinski definition) is 3. The molecular weight excluding hydrogens is 312 g/mol. The van der Waals surface area contributed by atoms with Gasteiger partial charge in [-0.05, 0) is 85.8 Å². The summed E-state index contributed by atoms with van der Waals surface area (Å²) in [5.74, 6) is 2.38. The van der Waals surface area contributed by atoms with Gasteiger partial charge in [0.15, 0.2) is 0 Å². The predicted octanol–water partition coefficient (Wildman–Crippen LogP) is 3.98. The molecule has 0 saturated heterocycles. The zero-order valence-electron chi connectivity index (χ0n) is 13.3. The van der Waals surface area contributed by atoms with Crippen molar-refractivity contribution in [3.8, 4) is 0 Å². The van der Waals surface area contributed by atoms with Gasteiger partial charge in [0.05, 0.1) is 0 Å². The van der Waals surface area contributed by atoms with Gasteiger partial charge in [-0.3, -0.25) is 0 Å². The molecule has 2 fully saturated rings. The molecule has 2 rings (SSSR count). The van der Waals surface area contributed by atoms with Crippen LogP contribution in [0.4, 0.5) is 4.79 Å². The molecular formula is C17H28N2OS2. The van der Waals surface area contributed by atoms with Gasteiger partial charge in [-0.15, -0.1) is 0 Å². The van der Waals surface area contributed by atoms with Crippen molar-refractivity contribution < 1.29 is 4.79 Å². The summed E-state index contributed by atoms with van der Waals surface area (Å²) < 4.78 is 0. The quantitative estimate of drug-likeness (QED) is 0.744. The lowest BCUT2D eigenvalue weighted by Gasteiger charge is -2.34. The molecule has 0 spiro atoms. The van der Waals surface area contributed by atoms with E-state index in [2.05, 4.69) is 0 Å². The first-order valence-corrected chi connectivity index (χ1v) is 9.51. The number of rotatable bonds is 6. The van der Waals surface area contributed by atoms with Gasteiger partial charge in [0.25, 0.3) is 0 Å².